The fraction of sp³-hybridized carbons (Fsp3) is 0.375. The highest BCUT2D eigenvalue weighted by Gasteiger charge is 2.38. The van der Waals surface area contributed by atoms with Crippen molar-refractivity contribution in [3.05, 3.63) is 102 Å². The molecule has 0 saturated heterocycles. The van der Waals surface area contributed by atoms with Crippen LogP contribution in [0.15, 0.2) is 79.5 Å². The number of pyridine rings is 1. The van der Waals surface area contributed by atoms with Crippen LogP contribution in [0.25, 0.3) is 5.57 Å². The molecule has 4 rings (SSSR count). The van der Waals surface area contributed by atoms with Gasteiger partial charge < -0.3 is 10.2 Å². The van der Waals surface area contributed by atoms with E-state index in [0.29, 0.717) is 13.1 Å². The minimum atomic E-state index is -0.139. The Morgan fingerprint density at radius 2 is 1.72 bits per heavy atom. The Balaban J connectivity index is 1.71. The number of amides is 2. The van der Waals surface area contributed by atoms with Gasteiger partial charge >= 0.3 is 6.03 Å². The predicted octanol–water partition coefficient (Wildman–Crippen LogP) is 8.17. The van der Waals surface area contributed by atoms with Gasteiger partial charge in [-0.2, -0.15) is 0 Å². The molecule has 1 fully saturated rings. The monoisotopic (exact) mass is 481 g/mol. The first-order valence-electron chi connectivity index (χ1n) is 13.2. The summed E-state index contributed by atoms with van der Waals surface area (Å²) in [5.41, 5.74) is 6.02. The zero-order valence-corrected chi connectivity index (χ0v) is 22.0. The number of benzene rings is 2. The van der Waals surface area contributed by atoms with Gasteiger partial charge in [0.2, 0.25) is 0 Å². The van der Waals surface area contributed by atoms with E-state index < -0.39 is 0 Å². The largest absolute Gasteiger partial charge is 0.322 e. The van der Waals surface area contributed by atoms with Crippen molar-refractivity contribution >= 4 is 17.3 Å². The van der Waals surface area contributed by atoms with Crippen molar-refractivity contribution < 1.29 is 4.79 Å². The van der Waals surface area contributed by atoms with Crippen LogP contribution < -0.4 is 5.32 Å². The molecule has 0 atom stereocenters. The van der Waals surface area contributed by atoms with Crippen LogP contribution in [0.3, 0.4) is 0 Å². The van der Waals surface area contributed by atoms with Crippen molar-refractivity contribution in [2.75, 3.05) is 11.9 Å². The second kappa shape index (κ2) is 11.6. The molecule has 3 aromatic rings. The van der Waals surface area contributed by atoms with Gasteiger partial charge in [0.1, 0.15) is 0 Å². The van der Waals surface area contributed by atoms with Gasteiger partial charge in [0.25, 0.3) is 0 Å². The SMILES string of the molecule is C=C(C)c1cccc(C(C)C)c1NC(=O)N(Cc1ccccc1)CC1(c2ccccn2)CCCCC1. The average molecular weight is 482 g/mol. The smallest absolute Gasteiger partial charge is 0.319 e. The molecule has 1 saturated carbocycles. The molecule has 36 heavy (non-hydrogen) atoms. The van der Waals surface area contributed by atoms with Gasteiger partial charge in [-0.15, -0.1) is 0 Å². The first kappa shape index (κ1) is 25.7. The summed E-state index contributed by atoms with van der Waals surface area (Å²) in [5.74, 6) is 0.278. The van der Waals surface area contributed by atoms with Gasteiger partial charge in [-0.25, -0.2) is 4.79 Å². The first-order valence-corrected chi connectivity index (χ1v) is 13.2. The molecule has 1 aliphatic rings. The number of allylic oxidation sites excluding steroid dienone is 1. The highest BCUT2D eigenvalue weighted by molar-refractivity contribution is 5.94. The van der Waals surface area contributed by atoms with Crippen molar-refractivity contribution in [1.29, 1.82) is 0 Å². The standard InChI is InChI=1S/C32H39N3O/c1-24(2)27-16-13-17-28(25(3)4)30(27)34-31(36)35(22-26-14-7-5-8-15-26)23-32(19-10-6-11-20-32)29-18-9-12-21-33-29/h5,7-9,12-18,21,25H,1,6,10-11,19-20,22-23H2,2-4H3,(H,34,36). The molecule has 0 spiro atoms. The Morgan fingerprint density at radius 1 is 1.00 bits per heavy atom. The van der Waals surface area contributed by atoms with E-state index in [-0.39, 0.29) is 17.4 Å². The minimum absolute atomic E-state index is 0.0738. The van der Waals surface area contributed by atoms with Crippen molar-refractivity contribution in [2.24, 2.45) is 0 Å². The van der Waals surface area contributed by atoms with E-state index in [9.17, 15) is 4.79 Å². The molecule has 1 heterocycles. The van der Waals surface area contributed by atoms with Crippen molar-refractivity contribution in [3.8, 4) is 0 Å². The van der Waals surface area contributed by atoms with Crippen molar-refractivity contribution in [1.82, 2.24) is 9.88 Å². The highest BCUT2D eigenvalue weighted by Crippen LogP contribution is 2.40. The Morgan fingerprint density at radius 3 is 2.36 bits per heavy atom. The maximum atomic E-state index is 14.1. The first-order chi connectivity index (χ1) is 17.4. The quantitative estimate of drug-likeness (QED) is 0.353. The Hall–Kier alpha value is -3.40. The topological polar surface area (TPSA) is 45.2 Å². The number of carbonyl (C=O) groups is 1. The minimum Gasteiger partial charge on any atom is -0.319 e. The second-order valence-corrected chi connectivity index (χ2v) is 10.5. The lowest BCUT2D eigenvalue weighted by molar-refractivity contribution is 0.167. The maximum absolute atomic E-state index is 14.1. The number of nitrogens with one attached hydrogen (secondary N) is 1. The Labute approximate surface area is 216 Å². The molecule has 0 radical (unpaired) electrons. The summed E-state index contributed by atoms with van der Waals surface area (Å²) < 4.78 is 0. The molecule has 2 aromatic carbocycles. The van der Waals surface area contributed by atoms with E-state index in [1.54, 1.807) is 0 Å². The lowest BCUT2D eigenvalue weighted by atomic mass is 9.71. The van der Waals surface area contributed by atoms with Crippen LogP contribution in [0.1, 0.15) is 81.2 Å². The fourth-order valence-electron chi connectivity index (χ4n) is 5.50. The predicted molar refractivity (Wildman–Crippen MR) is 150 cm³/mol. The molecule has 4 nitrogen and oxygen atoms in total. The van der Waals surface area contributed by atoms with Crippen LogP contribution >= 0.6 is 0 Å². The number of anilines is 1. The normalized spacial score (nSPS) is 14.9. The zero-order valence-electron chi connectivity index (χ0n) is 22.0. The Kier molecular flexibility index (Phi) is 8.25. The van der Waals surface area contributed by atoms with Crippen molar-refractivity contribution in [2.45, 2.75) is 70.8 Å². The van der Waals surface area contributed by atoms with E-state index in [0.717, 1.165) is 59.3 Å². The van der Waals surface area contributed by atoms with E-state index in [2.05, 4.69) is 62.1 Å². The number of carbonyl (C=O) groups excluding carboxylic acids is 1. The number of nitrogens with zero attached hydrogens (tertiary/aromatic N) is 2. The number of aromatic nitrogens is 1. The summed E-state index contributed by atoms with van der Waals surface area (Å²) in [7, 11) is 0. The molecular weight excluding hydrogens is 442 g/mol. The van der Waals surface area contributed by atoms with E-state index in [1.807, 2.05) is 48.4 Å². The van der Waals surface area contributed by atoms with E-state index >= 15 is 0 Å². The molecule has 1 aliphatic carbocycles. The summed E-state index contributed by atoms with van der Waals surface area (Å²) >= 11 is 0. The molecule has 0 unspecified atom stereocenters. The van der Waals surface area contributed by atoms with Crippen LogP contribution in [0.4, 0.5) is 10.5 Å². The number of para-hydroxylation sites is 1. The molecule has 1 N–H and O–H groups in total. The summed E-state index contributed by atoms with van der Waals surface area (Å²) in [6, 6.07) is 22.6. The van der Waals surface area contributed by atoms with Crippen LogP contribution in [0.2, 0.25) is 0 Å². The second-order valence-electron chi connectivity index (χ2n) is 10.5. The number of rotatable bonds is 8. The van der Waals surface area contributed by atoms with Gasteiger partial charge in [0, 0.05) is 36.0 Å². The highest BCUT2D eigenvalue weighted by atomic mass is 16.2. The van der Waals surface area contributed by atoms with Crippen LogP contribution in [-0.4, -0.2) is 22.5 Å². The van der Waals surface area contributed by atoms with Gasteiger partial charge in [-0.1, -0.05) is 94.3 Å². The molecule has 0 bridgehead atoms. The molecule has 2 amide bonds. The maximum Gasteiger partial charge on any atom is 0.322 e. The molecular formula is C32H39N3O. The van der Waals surface area contributed by atoms with Crippen LogP contribution in [-0.2, 0) is 12.0 Å². The summed E-state index contributed by atoms with van der Waals surface area (Å²) in [5, 5.41) is 3.33. The van der Waals surface area contributed by atoms with Crippen LogP contribution in [0.5, 0.6) is 0 Å². The molecule has 1 aromatic heterocycles. The molecule has 4 heteroatoms. The molecule has 0 aliphatic heterocycles. The average Bonchev–Trinajstić information content (AvgIpc) is 2.90. The Bertz CT molecular complexity index is 1160. The van der Waals surface area contributed by atoms with Gasteiger partial charge in [0.15, 0.2) is 0 Å². The number of hydrogen-bond donors (Lipinski definition) is 1. The molecule has 188 valence electrons. The van der Waals surface area contributed by atoms with Gasteiger partial charge in [-0.3, -0.25) is 4.98 Å². The summed E-state index contributed by atoms with van der Waals surface area (Å²) in [4.78, 5) is 20.9. The third-order valence-corrected chi connectivity index (χ3v) is 7.43. The van der Waals surface area contributed by atoms with Gasteiger partial charge in [0.05, 0.1) is 5.69 Å². The lowest BCUT2D eigenvalue weighted by Gasteiger charge is -2.41. The summed E-state index contributed by atoms with van der Waals surface area (Å²) in [6.45, 7) is 11.7. The van der Waals surface area contributed by atoms with Gasteiger partial charge in [-0.05, 0) is 54.5 Å². The lowest BCUT2D eigenvalue weighted by Crippen LogP contribution is -2.46. The zero-order chi connectivity index (χ0) is 25.5. The number of urea groups is 1. The third kappa shape index (κ3) is 5.87. The van der Waals surface area contributed by atoms with Crippen molar-refractivity contribution in [3.63, 3.8) is 0 Å². The van der Waals surface area contributed by atoms with E-state index in [4.69, 9.17) is 4.98 Å². The fourth-order valence-corrected chi connectivity index (χ4v) is 5.50. The summed E-state index contributed by atoms with van der Waals surface area (Å²) in [6.07, 6.45) is 7.53. The van der Waals surface area contributed by atoms with Crippen LogP contribution in [0, 0.1) is 0 Å². The van der Waals surface area contributed by atoms with E-state index in [1.165, 1.54) is 6.42 Å². The number of hydrogen-bond acceptors (Lipinski definition) is 2. The third-order valence-electron chi connectivity index (χ3n) is 7.43.